The van der Waals surface area contributed by atoms with E-state index in [1.54, 1.807) is 4.90 Å². The van der Waals surface area contributed by atoms with E-state index in [0.717, 1.165) is 16.5 Å². The molecule has 1 aliphatic carbocycles. The largest absolute Gasteiger partial charge is 0.390 e. The number of rotatable bonds is 2. The van der Waals surface area contributed by atoms with E-state index >= 15 is 0 Å². The van der Waals surface area contributed by atoms with Crippen LogP contribution in [0.1, 0.15) is 6.42 Å². The molecule has 5 rings (SSSR count). The fourth-order valence-electron chi connectivity index (χ4n) is 5.04. The maximum absolute atomic E-state index is 13.5. The smallest absolute Gasteiger partial charge is 0.228 e. The first-order chi connectivity index (χ1) is 14.6. The van der Waals surface area contributed by atoms with Gasteiger partial charge >= 0.3 is 0 Å². The Labute approximate surface area is 180 Å². The Kier molecular flexibility index (Phi) is 5.10. The van der Waals surface area contributed by atoms with Crippen molar-refractivity contribution in [2.75, 3.05) is 31.2 Å². The topological polar surface area (TPSA) is 85.3 Å². The number of anilines is 1. The molecular formula is C22H25N3O4S. The average Bonchev–Trinajstić information content (AvgIpc) is 3.13. The molecule has 158 valence electrons. The Morgan fingerprint density at radius 1 is 1.10 bits per heavy atom. The highest BCUT2D eigenvalue weighted by Crippen LogP contribution is 2.39. The van der Waals surface area contributed by atoms with E-state index in [-0.39, 0.29) is 18.4 Å². The van der Waals surface area contributed by atoms with Gasteiger partial charge in [-0.1, -0.05) is 36.4 Å². The minimum Gasteiger partial charge on any atom is -0.390 e. The van der Waals surface area contributed by atoms with E-state index in [0.29, 0.717) is 31.4 Å². The molecule has 1 saturated carbocycles. The predicted octanol–water partition coefficient (Wildman–Crippen LogP) is 0.872. The van der Waals surface area contributed by atoms with Gasteiger partial charge in [0, 0.05) is 18.5 Å². The van der Waals surface area contributed by atoms with Gasteiger partial charge in [-0.25, -0.2) is 0 Å². The number of nitrogens with zero attached hydrogens (tertiary/aromatic N) is 2. The van der Waals surface area contributed by atoms with E-state index in [1.165, 1.54) is 0 Å². The predicted molar refractivity (Wildman–Crippen MR) is 117 cm³/mol. The van der Waals surface area contributed by atoms with Gasteiger partial charge in [-0.15, -0.1) is 0 Å². The minimum atomic E-state index is -0.998. The number of carbonyl (C=O) groups excluding carboxylic acids is 1. The molecule has 30 heavy (non-hydrogen) atoms. The lowest BCUT2D eigenvalue weighted by Gasteiger charge is -2.43. The number of nitrogens with one attached hydrogen (secondary N) is 1. The second-order valence-electron chi connectivity index (χ2n) is 8.17. The summed E-state index contributed by atoms with van der Waals surface area (Å²) < 4.78 is 5.39. The van der Waals surface area contributed by atoms with Crippen LogP contribution < -0.4 is 10.2 Å². The van der Waals surface area contributed by atoms with Crippen molar-refractivity contribution in [2.24, 2.45) is 5.92 Å². The summed E-state index contributed by atoms with van der Waals surface area (Å²) in [5.74, 6) is -0.505. The molecule has 3 fully saturated rings. The summed E-state index contributed by atoms with van der Waals surface area (Å²) in [6.45, 7) is 2.11. The highest BCUT2D eigenvalue weighted by molar-refractivity contribution is 7.80. The van der Waals surface area contributed by atoms with Crippen LogP contribution in [0.25, 0.3) is 10.8 Å². The number of ether oxygens (including phenoxy) is 1. The van der Waals surface area contributed by atoms with Crippen molar-refractivity contribution in [3.8, 4) is 0 Å². The van der Waals surface area contributed by atoms with E-state index in [4.69, 9.17) is 17.0 Å². The number of hydrogen-bond donors (Lipinski definition) is 3. The van der Waals surface area contributed by atoms with Crippen LogP contribution in [0.2, 0.25) is 0 Å². The van der Waals surface area contributed by atoms with Gasteiger partial charge in [0.15, 0.2) is 5.11 Å². The van der Waals surface area contributed by atoms with Crippen molar-refractivity contribution in [3.05, 3.63) is 42.5 Å². The maximum atomic E-state index is 13.5. The van der Waals surface area contributed by atoms with E-state index in [9.17, 15) is 15.0 Å². The number of hydrogen-bond acceptors (Lipinski definition) is 5. The lowest BCUT2D eigenvalue weighted by atomic mass is 9.76. The molecule has 2 aliphatic heterocycles. The second kappa shape index (κ2) is 7.77. The third-order valence-electron chi connectivity index (χ3n) is 6.51. The Hall–Kier alpha value is -2.26. The lowest BCUT2D eigenvalue weighted by molar-refractivity contribution is -0.145. The summed E-state index contributed by atoms with van der Waals surface area (Å²) in [5.41, 5.74) is 0.904. The number of amides is 1. The number of fused-ring (bicyclic) bond motifs is 2. The Morgan fingerprint density at radius 3 is 2.63 bits per heavy atom. The number of benzene rings is 2. The van der Waals surface area contributed by atoms with E-state index in [2.05, 4.69) is 5.32 Å². The first-order valence-electron chi connectivity index (χ1n) is 10.4. The highest BCUT2D eigenvalue weighted by Gasteiger charge is 2.54. The van der Waals surface area contributed by atoms with E-state index < -0.39 is 24.2 Å². The van der Waals surface area contributed by atoms with Crippen molar-refractivity contribution in [1.29, 1.82) is 0 Å². The third kappa shape index (κ3) is 3.15. The van der Waals surface area contributed by atoms with Crippen molar-refractivity contribution >= 4 is 39.7 Å². The normalized spacial score (nSPS) is 31.5. The van der Waals surface area contributed by atoms with Gasteiger partial charge in [0.25, 0.3) is 0 Å². The van der Waals surface area contributed by atoms with Crippen LogP contribution >= 0.6 is 12.2 Å². The molecule has 0 bridgehead atoms. The van der Waals surface area contributed by atoms with Gasteiger partial charge in [0.05, 0.1) is 43.0 Å². The first kappa shape index (κ1) is 19.7. The molecule has 0 radical (unpaired) electrons. The fraction of sp³-hybridized carbons (Fsp3) is 0.455. The zero-order valence-electron chi connectivity index (χ0n) is 16.5. The van der Waals surface area contributed by atoms with Gasteiger partial charge in [-0.2, -0.15) is 0 Å². The van der Waals surface area contributed by atoms with Crippen molar-refractivity contribution in [1.82, 2.24) is 10.2 Å². The Morgan fingerprint density at radius 2 is 1.83 bits per heavy atom. The van der Waals surface area contributed by atoms with Gasteiger partial charge in [0.1, 0.15) is 6.10 Å². The molecule has 8 heteroatoms. The lowest BCUT2D eigenvalue weighted by Crippen LogP contribution is -2.61. The minimum absolute atomic E-state index is 0.0176. The number of carbonyl (C=O) groups is 1. The molecule has 2 saturated heterocycles. The van der Waals surface area contributed by atoms with Crippen LogP contribution in [0.3, 0.4) is 0 Å². The van der Waals surface area contributed by atoms with Crippen LogP contribution in [0.15, 0.2) is 42.5 Å². The third-order valence-corrected chi connectivity index (χ3v) is 6.83. The quantitative estimate of drug-likeness (QED) is 0.614. The van der Waals surface area contributed by atoms with Gasteiger partial charge < -0.3 is 30.1 Å². The average molecular weight is 428 g/mol. The van der Waals surface area contributed by atoms with Crippen LogP contribution in [-0.4, -0.2) is 76.7 Å². The van der Waals surface area contributed by atoms with E-state index in [1.807, 2.05) is 47.4 Å². The molecule has 0 aromatic heterocycles. The van der Waals surface area contributed by atoms with Crippen LogP contribution in [0.4, 0.5) is 5.69 Å². The molecule has 2 aromatic rings. The number of morpholine rings is 1. The number of thiocarbonyl (C=S) groups is 1. The summed E-state index contributed by atoms with van der Waals surface area (Å²) in [6, 6.07) is 13.2. The van der Waals surface area contributed by atoms with Crippen LogP contribution in [0, 0.1) is 5.92 Å². The van der Waals surface area contributed by atoms with Gasteiger partial charge in [0.2, 0.25) is 5.91 Å². The molecule has 2 heterocycles. The highest BCUT2D eigenvalue weighted by atomic mass is 32.1. The zero-order valence-corrected chi connectivity index (χ0v) is 17.3. The monoisotopic (exact) mass is 427 g/mol. The summed E-state index contributed by atoms with van der Waals surface area (Å²) in [4.78, 5) is 17.3. The number of aliphatic hydroxyl groups is 2. The molecule has 5 atom stereocenters. The molecule has 7 nitrogen and oxygen atoms in total. The molecule has 1 amide bonds. The number of aliphatic hydroxyl groups excluding tert-OH is 2. The van der Waals surface area contributed by atoms with Crippen LogP contribution in [-0.2, 0) is 9.53 Å². The zero-order chi connectivity index (χ0) is 20.8. The standard InChI is InChI=1S/C22H25N3O4S/c26-17-12-15(21(28)24-8-10-29-11-9-24)19-18(20(17)27)23-22(30)25(19)16-7-3-5-13-4-1-2-6-14(13)16/h1-7,15,17-20,26-27H,8-12H2,(H,23,30). The molecule has 0 spiro atoms. The summed E-state index contributed by atoms with van der Waals surface area (Å²) in [7, 11) is 0. The van der Waals surface area contributed by atoms with Gasteiger partial charge in [-0.05, 0) is 30.1 Å². The molecule has 3 aliphatic rings. The molecule has 5 unspecified atom stereocenters. The molecular weight excluding hydrogens is 402 g/mol. The van der Waals surface area contributed by atoms with Crippen molar-refractivity contribution in [2.45, 2.75) is 30.7 Å². The summed E-state index contributed by atoms with van der Waals surface area (Å²) in [5, 5.41) is 27.0. The molecule has 3 N–H and O–H groups in total. The SMILES string of the molecule is O=C(C1CC(O)C(O)C2NC(=S)N(c3cccc4ccccc34)C12)N1CCOCC1. The fourth-order valence-corrected chi connectivity index (χ4v) is 5.40. The first-order valence-corrected chi connectivity index (χ1v) is 10.8. The Balaban J connectivity index is 1.57. The summed E-state index contributed by atoms with van der Waals surface area (Å²) >= 11 is 5.66. The van der Waals surface area contributed by atoms with Crippen molar-refractivity contribution < 1.29 is 19.7 Å². The summed E-state index contributed by atoms with van der Waals surface area (Å²) in [6.07, 6.45) is -1.78. The maximum Gasteiger partial charge on any atom is 0.228 e. The molecule has 2 aromatic carbocycles. The van der Waals surface area contributed by atoms with Gasteiger partial charge in [-0.3, -0.25) is 4.79 Å². The van der Waals surface area contributed by atoms with Crippen molar-refractivity contribution in [3.63, 3.8) is 0 Å². The van der Waals surface area contributed by atoms with Crippen LogP contribution in [0.5, 0.6) is 0 Å². The Bertz CT molecular complexity index is 975. The second-order valence-corrected chi connectivity index (χ2v) is 8.56.